The lowest BCUT2D eigenvalue weighted by Gasteiger charge is -2.13. The van der Waals surface area contributed by atoms with Gasteiger partial charge in [0.25, 0.3) is 0 Å². The molecule has 0 bridgehead atoms. The fourth-order valence-corrected chi connectivity index (χ4v) is 2.13. The van der Waals surface area contributed by atoms with E-state index in [0.29, 0.717) is 20.9 Å². The van der Waals surface area contributed by atoms with Crippen molar-refractivity contribution in [1.82, 2.24) is 0 Å². The van der Waals surface area contributed by atoms with Gasteiger partial charge in [-0.05, 0) is 42.5 Å². The number of benzene rings is 2. The third-order valence-electron chi connectivity index (χ3n) is 2.53. The van der Waals surface area contributed by atoms with Crippen LogP contribution in [0.25, 0.3) is 0 Å². The fourth-order valence-electron chi connectivity index (χ4n) is 1.61. The maximum Gasteiger partial charge on any atom is 0.175 e. The first-order valence-corrected chi connectivity index (χ1v) is 6.92. The highest BCUT2D eigenvalue weighted by molar-refractivity contribution is 7.80. The molecule has 2 aromatic rings. The van der Waals surface area contributed by atoms with E-state index >= 15 is 0 Å². The van der Waals surface area contributed by atoms with Crippen LogP contribution in [0.3, 0.4) is 0 Å². The van der Waals surface area contributed by atoms with Gasteiger partial charge in [-0.1, -0.05) is 35.3 Å². The van der Waals surface area contributed by atoms with Gasteiger partial charge in [0.2, 0.25) is 0 Å². The highest BCUT2D eigenvalue weighted by Gasteiger charge is 2.05. The standard InChI is InChI=1S/C14H12Cl2N2OS/c1-19-13-5-3-2-4-12(13)18-14(20)17-9-6-7-10(15)11(16)8-9/h2-8H,1H3,(H2,17,18,20). The van der Waals surface area contributed by atoms with Crippen molar-refractivity contribution in [3.8, 4) is 5.75 Å². The number of hydrogen-bond donors (Lipinski definition) is 2. The van der Waals surface area contributed by atoms with Gasteiger partial charge in [0.1, 0.15) is 5.75 Å². The zero-order chi connectivity index (χ0) is 14.5. The molecule has 0 atom stereocenters. The molecular weight excluding hydrogens is 315 g/mol. The Kier molecular flexibility index (Phi) is 5.06. The second kappa shape index (κ2) is 6.79. The van der Waals surface area contributed by atoms with E-state index in [1.807, 2.05) is 24.3 Å². The first-order chi connectivity index (χ1) is 9.60. The fraction of sp³-hybridized carbons (Fsp3) is 0.0714. The van der Waals surface area contributed by atoms with Crippen LogP contribution in [0.5, 0.6) is 5.75 Å². The Morgan fingerprint density at radius 1 is 1.05 bits per heavy atom. The van der Waals surface area contributed by atoms with Gasteiger partial charge in [0.15, 0.2) is 5.11 Å². The first kappa shape index (κ1) is 14.9. The lowest BCUT2D eigenvalue weighted by Crippen LogP contribution is -2.19. The smallest absolute Gasteiger partial charge is 0.175 e. The monoisotopic (exact) mass is 326 g/mol. The van der Waals surface area contributed by atoms with Crippen LogP contribution in [0.4, 0.5) is 11.4 Å². The molecule has 6 heteroatoms. The summed E-state index contributed by atoms with van der Waals surface area (Å²) >= 11 is 17.1. The van der Waals surface area contributed by atoms with E-state index in [1.165, 1.54) is 0 Å². The van der Waals surface area contributed by atoms with E-state index in [1.54, 1.807) is 25.3 Å². The van der Waals surface area contributed by atoms with Crippen molar-refractivity contribution in [2.45, 2.75) is 0 Å². The summed E-state index contributed by atoms with van der Waals surface area (Å²) in [5.41, 5.74) is 1.54. The van der Waals surface area contributed by atoms with Crippen LogP contribution in [-0.2, 0) is 0 Å². The second-order valence-electron chi connectivity index (χ2n) is 3.91. The number of nitrogens with one attached hydrogen (secondary N) is 2. The molecule has 104 valence electrons. The molecule has 0 heterocycles. The van der Waals surface area contributed by atoms with Crippen LogP contribution >= 0.6 is 35.4 Å². The van der Waals surface area contributed by atoms with Gasteiger partial charge in [-0.15, -0.1) is 0 Å². The average molecular weight is 327 g/mol. The van der Waals surface area contributed by atoms with Gasteiger partial charge in [0, 0.05) is 5.69 Å². The van der Waals surface area contributed by atoms with Gasteiger partial charge in [-0.3, -0.25) is 0 Å². The van der Waals surface area contributed by atoms with Gasteiger partial charge in [0.05, 0.1) is 22.8 Å². The molecule has 0 saturated carbocycles. The van der Waals surface area contributed by atoms with Crippen LogP contribution in [0.15, 0.2) is 42.5 Å². The van der Waals surface area contributed by atoms with Crippen LogP contribution in [0.1, 0.15) is 0 Å². The summed E-state index contributed by atoms with van der Waals surface area (Å²) in [5.74, 6) is 0.714. The third-order valence-corrected chi connectivity index (χ3v) is 3.48. The SMILES string of the molecule is COc1ccccc1NC(=S)Nc1ccc(Cl)c(Cl)c1. The van der Waals surface area contributed by atoms with Crippen LogP contribution < -0.4 is 15.4 Å². The molecule has 0 aromatic heterocycles. The maximum absolute atomic E-state index is 5.95. The lowest BCUT2D eigenvalue weighted by atomic mass is 10.3. The van der Waals surface area contributed by atoms with Crippen molar-refractivity contribution >= 4 is 51.9 Å². The Balaban J connectivity index is 2.07. The Labute approximate surface area is 132 Å². The number of ether oxygens (including phenoxy) is 1. The minimum atomic E-state index is 0.438. The Morgan fingerprint density at radius 2 is 1.80 bits per heavy atom. The maximum atomic E-state index is 5.95. The van der Waals surface area contributed by atoms with Crippen molar-refractivity contribution in [3.63, 3.8) is 0 Å². The number of halogens is 2. The Bertz CT molecular complexity index is 634. The van der Waals surface area contributed by atoms with E-state index in [-0.39, 0.29) is 0 Å². The molecule has 2 rings (SSSR count). The van der Waals surface area contributed by atoms with E-state index < -0.39 is 0 Å². The highest BCUT2D eigenvalue weighted by Crippen LogP contribution is 2.26. The van der Waals surface area contributed by atoms with Crippen LogP contribution in [0, 0.1) is 0 Å². The van der Waals surface area contributed by atoms with Gasteiger partial charge in [-0.25, -0.2) is 0 Å². The zero-order valence-electron chi connectivity index (χ0n) is 10.6. The number of anilines is 2. The number of rotatable bonds is 3. The molecule has 0 spiro atoms. The van der Waals surface area contributed by atoms with E-state index in [4.69, 9.17) is 40.2 Å². The quantitative estimate of drug-likeness (QED) is 0.793. The summed E-state index contributed by atoms with van der Waals surface area (Å²) < 4.78 is 5.24. The molecule has 0 saturated heterocycles. The second-order valence-corrected chi connectivity index (χ2v) is 5.13. The molecule has 2 N–H and O–H groups in total. The minimum absolute atomic E-state index is 0.438. The number of hydrogen-bond acceptors (Lipinski definition) is 2. The molecule has 0 fully saturated rings. The summed E-state index contributed by atoms with van der Waals surface area (Å²) in [7, 11) is 1.61. The number of para-hydroxylation sites is 2. The summed E-state index contributed by atoms with van der Waals surface area (Å²) in [5, 5.41) is 7.50. The molecule has 0 aliphatic rings. The van der Waals surface area contributed by atoms with E-state index in [9.17, 15) is 0 Å². The lowest BCUT2D eigenvalue weighted by molar-refractivity contribution is 0.417. The highest BCUT2D eigenvalue weighted by atomic mass is 35.5. The Hall–Kier alpha value is -1.49. The molecule has 0 aliphatic heterocycles. The predicted molar refractivity (Wildman–Crippen MR) is 89.3 cm³/mol. The summed E-state index contributed by atoms with van der Waals surface area (Å²) in [6, 6.07) is 12.7. The molecule has 0 aliphatic carbocycles. The van der Waals surface area contributed by atoms with Crippen LogP contribution in [0.2, 0.25) is 10.0 Å². The van der Waals surface area contributed by atoms with Crippen molar-refractivity contribution < 1.29 is 4.74 Å². The molecule has 0 amide bonds. The minimum Gasteiger partial charge on any atom is -0.495 e. The van der Waals surface area contributed by atoms with Crippen molar-refractivity contribution in [2.24, 2.45) is 0 Å². The molecule has 2 aromatic carbocycles. The van der Waals surface area contributed by atoms with E-state index in [2.05, 4.69) is 10.6 Å². The number of thiocarbonyl (C=S) groups is 1. The molecule has 0 radical (unpaired) electrons. The molecular formula is C14H12Cl2N2OS. The van der Waals surface area contributed by atoms with Crippen LogP contribution in [-0.4, -0.2) is 12.2 Å². The third kappa shape index (κ3) is 3.76. The summed E-state index contributed by atoms with van der Waals surface area (Å²) in [6.07, 6.45) is 0. The van der Waals surface area contributed by atoms with Gasteiger partial charge >= 0.3 is 0 Å². The number of methoxy groups -OCH3 is 1. The molecule has 20 heavy (non-hydrogen) atoms. The zero-order valence-corrected chi connectivity index (χ0v) is 12.9. The van der Waals surface area contributed by atoms with Crippen molar-refractivity contribution in [1.29, 1.82) is 0 Å². The summed E-state index contributed by atoms with van der Waals surface area (Å²) in [4.78, 5) is 0. The van der Waals surface area contributed by atoms with E-state index in [0.717, 1.165) is 11.4 Å². The van der Waals surface area contributed by atoms with Gasteiger partial charge < -0.3 is 15.4 Å². The summed E-state index contributed by atoms with van der Waals surface area (Å²) in [6.45, 7) is 0. The normalized spacial score (nSPS) is 9.95. The Morgan fingerprint density at radius 3 is 2.50 bits per heavy atom. The topological polar surface area (TPSA) is 33.3 Å². The van der Waals surface area contributed by atoms with Crippen molar-refractivity contribution in [2.75, 3.05) is 17.7 Å². The molecule has 0 unspecified atom stereocenters. The largest absolute Gasteiger partial charge is 0.495 e. The molecule has 3 nitrogen and oxygen atoms in total. The average Bonchev–Trinajstić information content (AvgIpc) is 2.43. The first-order valence-electron chi connectivity index (χ1n) is 5.76. The van der Waals surface area contributed by atoms with Gasteiger partial charge in [-0.2, -0.15) is 0 Å². The van der Waals surface area contributed by atoms with Crippen molar-refractivity contribution in [3.05, 3.63) is 52.5 Å². The predicted octanol–water partition coefficient (Wildman–Crippen LogP) is 4.81.